The fourth-order valence-electron chi connectivity index (χ4n) is 4.85. The fraction of sp³-hybridized carbons (Fsp3) is 0.967. The van der Waals surface area contributed by atoms with Crippen LogP contribution in [-0.2, 0) is 23.7 Å². The van der Waals surface area contributed by atoms with E-state index < -0.39 is 5.97 Å². The molecule has 1 atom stereocenters. The Morgan fingerprint density at radius 1 is 0.730 bits per heavy atom. The second-order valence-electron chi connectivity index (χ2n) is 11.9. The summed E-state index contributed by atoms with van der Waals surface area (Å²) in [6.45, 7) is 3.63. The van der Waals surface area contributed by atoms with Gasteiger partial charge in [-0.15, -0.1) is 0 Å². The minimum absolute atomic E-state index is 0.312. The molecular formula is C30H60NO6+. The molecule has 0 aliphatic heterocycles. The van der Waals surface area contributed by atoms with Crippen molar-refractivity contribution in [3.63, 3.8) is 0 Å². The maximum Gasteiger partial charge on any atom is 0.329 e. The van der Waals surface area contributed by atoms with Crippen LogP contribution in [0.5, 0.6) is 0 Å². The van der Waals surface area contributed by atoms with Gasteiger partial charge in [0, 0.05) is 6.61 Å². The molecule has 1 rings (SSSR count). The zero-order valence-electron chi connectivity index (χ0n) is 24.6. The largest absolute Gasteiger partial charge is 0.480 e. The van der Waals surface area contributed by atoms with Crippen molar-refractivity contribution in [3.05, 3.63) is 0 Å². The van der Waals surface area contributed by atoms with E-state index in [0.29, 0.717) is 39.6 Å². The van der Waals surface area contributed by atoms with Crippen molar-refractivity contribution in [3.8, 4) is 0 Å². The van der Waals surface area contributed by atoms with Gasteiger partial charge in [0.15, 0.2) is 0 Å². The van der Waals surface area contributed by atoms with Crippen molar-refractivity contribution >= 4 is 5.97 Å². The summed E-state index contributed by atoms with van der Waals surface area (Å²) >= 11 is 0. The molecule has 0 heterocycles. The molecule has 0 radical (unpaired) electrons. The fourth-order valence-corrected chi connectivity index (χ4v) is 4.85. The molecule has 1 fully saturated rings. The number of hydrogen-bond donors (Lipinski definition) is 1. The first kappa shape index (κ1) is 34.3. The van der Waals surface area contributed by atoms with Crippen molar-refractivity contribution in [2.24, 2.45) is 5.92 Å². The van der Waals surface area contributed by atoms with E-state index in [0.717, 1.165) is 23.4 Å². The molecule has 7 nitrogen and oxygen atoms in total. The molecule has 7 heteroatoms. The number of likely N-dealkylation sites (N-methyl/N-ethyl adjacent to an activating group) is 1. The first-order valence-corrected chi connectivity index (χ1v) is 15.2. The Bertz CT molecular complexity index is 519. The van der Waals surface area contributed by atoms with Crippen LogP contribution in [0.25, 0.3) is 0 Å². The third-order valence-electron chi connectivity index (χ3n) is 7.20. The predicted molar refractivity (Wildman–Crippen MR) is 150 cm³/mol. The van der Waals surface area contributed by atoms with Crippen LogP contribution in [0.3, 0.4) is 0 Å². The molecule has 0 aromatic rings. The minimum atomic E-state index is -0.979. The average molecular weight is 531 g/mol. The van der Waals surface area contributed by atoms with E-state index in [4.69, 9.17) is 24.1 Å². The average Bonchev–Trinajstić information content (AvgIpc) is 2.86. The van der Waals surface area contributed by atoms with Crippen molar-refractivity contribution in [1.82, 2.24) is 0 Å². The molecule has 0 amide bonds. The summed E-state index contributed by atoms with van der Waals surface area (Å²) in [5.74, 6) is 0.0650. The Labute approximate surface area is 228 Å². The van der Waals surface area contributed by atoms with Crippen molar-refractivity contribution in [2.75, 3.05) is 73.9 Å². The summed E-state index contributed by atoms with van der Waals surface area (Å²) in [6, 6.07) is 0. The molecule has 1 aliphatic rings. The van der Waals surface area contributed by atoms with Gasteiger partial charge in [-0.25, -0.2) is 4.79 Å². The highest BCUT2D eigenvalue weighted by atomic mass is 16.6. The molecule has 37 heavy (non-hydrogen) atoms. The summed E-state index contributed by atoms with van der Waals surface area (Å²) in [5.41, 5.74) is 0. The van der Waals surface area contributed by atoms with E-state index in [1.54, 1.807) is 0 Å². The zero-order chi connectivity index (χ0) is 27.0. The van der Waals surface area contributed by atoms with Gasteiger partial charge in [-0.2, -0.15) is 0 Å². The molecular weight excluding hydrogens is 470 g/mol. The van der Waals surface area contributed by atoms with E-state index in [1.165, 1.54) is 96.3 Å². The molecule has 1 N–H and O–H groups in total. The van der Waals surface area contributed by atoms with Gasteiger partial charge in [-0.1, -0.05) is 96.3 Å². The second-order valence-corrected chi connectivity index (χ2v) is 11.9. The summed E-state index contributed by atoms with van der Waals surface area (Å²) in [6.07, 6.45) is 21.7. The minimum Gasteiger partial charge on any atom is -0.480 e. The number of unbranched alkanes of at least 4 members (excludes halogenated alkanes) is 9. The summed E-state index contributed by atoms with van der Waals surface area (Å²) in [5, 5.41) is 8.90. The maximum absolute atomic E-state index is 10.9. The lowest BCUT2D eigenvalue weighted by Gasteiger charge is -2.23. The monoisotopic (exact) mass is 530 g/mol. The number of ether oxygens (including phenoxy) is 4. The van der Waals surface area contributed by atoms with Crippen LogP contribution in [0.4, 0.5) is 0 Å². The van der Waals surface area contributed by atoms with E-state index >= 15 is 0 Å². The summed E-state index contributed by atoms with van der Waals surface area (Å²) < 4.78 is 23.3. The highest BCUT2D eigenvalue weighted by Gasteiger charge is 2.13. The van der Waals surface area contributed by atoms with Crippen LogP contribution in [0.2, 0.25) is 0 Å². The topological polar surface area (TPSA) is 74.2 Å². The van der Waals surface area contributed by atoms with Gasteiger partial charge < -0.3 is 28.5 Å². The third kappa shape index (κ3) is 24.1. The molecule has 1 saturated carbocycles. The summed E-state index contributed by atoms with van der Waals surface area (Å²) in [7, 11) is 6.39. The quantitative estimate of drug-likeness (QED) is 0.108. The smallest absolute Gasteiger partial charge is 0.329 e. The Kier molecular flexibility index (Phi) is 21.5. The molecule has 1 unspecified atom stereocenters. The molecule has 1 aliphatic carbocycles. The number of rotatable bonds is 26. The highest BCUT2D eigenvalue weighted by Crippen LogP contribution is 2.28. The lowest BCUT2D eigenvalue weighted by Crippen LogP contribution is -2.37. The van der Waals surface area contributed by atoms with Gasteiger partial charge in [-0.05, 0) is 12.3 Å². The first-order chi connectivity index (χ1) is 17.9. The SMILES string of the molecule is C[N+](C)(C)CCOCCOCC(COCCCCCCCCCCCCC1CCCCC1)OCC(=O)O. The van der Waals surface area contributed by atoms with Gasteiger partial charge in [0.05, 0.1) is 54.2 Å². The van der Waals surface area contributed by atoms with Crippen molar-refractivity contribution in [1.29, 1.82) is 0 Å². The van der Waals surface area contributed by atoms with Gasteiger partial charge >= 0.3 is 5.97 Å². The Hall–Kier alpha value is -0.730. The zero-order valence-corrected chi connectivity index (χ0v) is 24.6. The number of nitrogens with zero attached hydrogens (tertiary/aromatic N) is 1. The number of carbonyl (C=O) groups is 1. The van der Waals surface area contributed by atoms with Crippen LogP contribution >= 0.6 is 0 Å². The van der Waals surface area contributed by atoms with E-state index in [-0.39, 0.29) is 12.7 Å². The second kappa shape index (κ2) is 23.2. The first-order valence-electron chi connectivity index (χ1n) is 15.2. The predicted octanol–water partition coefficient (Wildman–Crippen LogP) is 6.08. The van der Waals surface area contributed by atoms with Crippen LogP contribution < -0.4 is 0 Å². The lowest BCUT2D eigenvalue weighted by molar-refractivity contribution is -0.870. The van der Waals surface area contributed by atoms with E-state index in [2.05, 4.69) is 21.1 Å². The third-order valence-corrected chi connectivity index (χ3v) is 7.20. The number of hydrogen-bond acceptors (Lipinski definition) is 5. The van der Waals surface area contributed by atoms with Gasteiger partial charge in [0.2, 0.25) is 0 Å². The van der Waals surface area contributed by atoms with Crippen LogP contribution in [0.15, 0.2) is 0 Å². The summed E-state index contributed by atoms with van der Waals surface area (Å²) in [4.78, 5) is 10.9. The molecule has 0 bridgehead atoms. The van der Waals surface area contributed by atoms with Crippen molar-refractivity contribution < 1.29 is 33.3 Å². The Morgan fingerprint density at radius 2 is 1.27 bits per heavy atom. The molecule has 220 valence electrons. The number of aliphatic carboxylic acids is 1. The van der Waals surface area contributed by atoms with Crippen LogP contribution in [0.1, 0.15) is 103 Å². The van der Waals surface area contributed by atoms with E-state index in [1.807, 2.05) is 0 Å². The normalized spacial score (nSPS) is 15.8. The van der Waals surface area contributed by atoms with Crippen LogP contribution in [-0.4, -0.2) is 95.6 Å². The number of carboxylic acid groups (broad SMARTS) is 1. The van der Waals surface area contributed by atoms with Crippen molar-refractivity contribution in [2.45, 2.75) is 109 Å². The standard InChI is InChI=1S/C30H59NO6/c1-31(2,3)20-22-34-23-24-36-26-29(37-27-30(32)33)25-35-21-16-11-9-7-5-4-6-8-10-13-17-28-18-14-12-15-19-28/h28-29H,4-27H2,1-3H3/p+1. The molecule has 0 aromatic carbocycles. The van der Waals surface area contributed by atoms with Gasteiger partial charge in [0.25, 0.3) is 0 Å². The van der Waals surface area contributed by atoms with E-state index in [9.17, 15) is 4.79 Å². The number of carboxylic acids is 1. The molecule has 0 spiro atoms. The Balaban J connectivity index is 1.91. The highest BCUT2D eigenvalue weighted by molar-refractivity contribution is 5.68. The number of quaternary nitrogens is 1. The molecule has 0 saturated heterocycles. The molecule has 0 aromatic heterocycles. The maximum atomic E-state index is 10.9. The van der Waals surface area contributed by atoms with Gasteiger partial charge in [-0.3, -0.25) is 0 Å². The lowest BCUT2D eigenvalue weighted by atomic mass is 9.85. The van der Waals surface area contributed by atoms with Gasteiger partial charge in [0.1, 0.15) is 19.3 Å². The van der Waals surface area contributed by atoms with Crippen LogP contribution in [0, 0.1) is 5.92 Å². The Morgan fingerprint density at radius 3 is 1.86 bits per heavy atom.